The minimum Gasteiger partial charge on any atom is -0.444 e. The van der Waals surface area contributed by atoms with E-state index in [1.807, 2.05) is 0 Å². The van der Waals surface area contributed by atoms with Gasteiger partial charge in [-0.25, -0.2) is 27.1 Å². The summed E-state index contributed by atoms with van der Waals surface area (Å²) < 4.78 is 54.3. The predicted octanol–water partition coefficient (Wildman–Crippen LogP) is 4.27. The number of sulfonamides is 1. The van der Waals surface area contributed by atoms with Gasteiger partial charge in [-0.1, -0.05) is 62.4 Å². The number of nitrogens with one attached hydrogen (secondary N) is 3. The average Bonchev–Trinajstić information content (AvgIpc) is 3.40. The Labute approximate surface area is 314 Å². The first-order valence-electron chi connectivity index (χ1n) is 18.5. The summed E-state index contributed by atoms with van der Waals surface area (Å²) in [6, 6.07) is 9.70. The molecule has 3 N–H and O–H groups in total. The monoisotopic (exact) mass is 769 g/mol. The van der Waals surface area contributed by atoms with Crippen LogP contribution in [0.25, 0.3) is 0 Å². The zero-order valence-electron chi connectivity index (χ0n) is 30.8. The quantitative estimate of drug-likeness (QED) is 0.401. The molecule has 3 fully saturated rings. The van der Waals surface area contributed by atoms with Gasteiger partial charge in [-0.2, -0.15) is 0 Å². The summed E-state index contributed by atoms with van der Waals surface area (Å²) >= 11 is 0. The summed E-state index contributed by atoms with van der Waals surface area (Å²) in [4.78, 5) is 71.3. The van der Waals surface area contributed by atoms with Crippen molar-refractivity contribution in [3.8, 4) is 0 Å². The number of benzene rings is 2. The van der Waals surface area contributed by atoms with Crippen LogP contribution in [0.5, 0.6) is 0 Å². The number of hydrogen-bond acceptors (Lipinski definition) is 9. The molecule has 0 spiro atoms. The van der Waals surface area contributed by atoms with E-state index in [4.69, 9.17) is 9.47 Å². The van der Waals surface area contributed by atoms with E-state index in [0.29, 0.717) is 24.0 Å². The Morgan fingerprint density at radius 1 is 0.944 bits per heavy atom. The van der Waals surface area contributed by atoms with E-state index in [9.17, 15) is 36.8 Å². The van der Waals surface area contributed by atoms with E-state index in [1.165, 1.54) is 40.1 Å². The molecule has 6 rings (SSSR count). The van der Waals surface area contributed by atoms with Crippen LogP contribution < -0.4 is 15.4 Å². The number of amides is 5. The fourth-order valence-corrected chi connectivity index (χ4v) is 8.68. The number of nitrogens with zero attached hydrogens (tertiary/aromatic N) is 2. The molecule has 0 bridgehead atoms. The molecule has 4 aliphatic rings. The third kappa shape index (κ3) is 8.79. The number of hydrogen-bond donors (Lipinski definition) is 3. The minimum atomic E-state index is -4.27. The van der Waals surface area contributed by atoms with E-state index in [1.54, 1.807) is 39.0 Å². The summed E-state index contributed by atoms with van der Waals surface area (Å²) in [6.07, 6.45) is 2.08. The molecule has 292 valence electrons. The molecule has 3 heterocycles. The van der Waals surface area contributed by atoms with Crippen LogP contribution in [-0.4, -0.2) is 84.0 Å². The van der Waals surface area contributed by atoms with Gasteiger partial charge in [0, 0.05) is 18.5 Å². The minimum absolute atomic E-state index is 0.00703. The molecule has 1 saturated carbocycles. The van der Waals surface area contributed by atoms with Crippen LogP contribution in [0.2, 0.25) is 0 Å². The van der Waals surface area contributed by atoms with Crippen LogP contribution in [0.1, 0.15) is 89.7 Å². The second-order valence-corrected chi connectivity index (χ2v) is 17.3. The standard InChI is InChI=1S/C38H48FN5O9S/c1-37(2,3)53-35(48)40-30-18-11-6-4-5-8-14-25-20-38(25,34(47)42-54(50,51)27-15-9-7-10-16-27)41-32(45)31-19-26(22-44(31)33(30)46)52-36(49)43-21-24-13-12-17-29(39)28(24)23-43/h7,9-10,12-13,15-17,25-26,30-31H,4-6,8,11,14,18-23H2,1-3H3,(H,40,48)(H,41,45)(H,42,47)/t25-,26+,30-,31-,38+/m0/s1. The summed E-state index contributed by atoms with van der Waals surface area (Å²) in [7, 11) is -4.27. The van der Waals surface area contributed by atoms with Gasteiger partial charge in [0.25, 0.3) is 15.9 Å². The maximum Gasteiger partial charge on any atom is 0.410 e. The number of carbonyl (C=O) groups is 5. The van der Waals surface area contributed by atoms with Crippen LogP contribution in [0.4, 0.5) is 14.0 Å². The van der Waals surface area contributed by atoms with Gasteiger partial charge >= 0.3 is 12.2 Å². The lowest BCUT2D eigenvalue weighted by Crippen LogP contribution is -2.58. The summed E-state index contributed by atoms with van der Waals surface area (Å²) in [5.41, 5.74) is -1.36. The SMILES string of the molecule is CC(C)(C)OC(=O)N[C@H]1CCCCCCC[C@H]2C[C@@]2(C(=O)NS(=O)(=O)c2ccccc2)NC(=O)[C@@H]2C[C@@H](OC(=O)N3Cc4cccc(F)c4C3)CN2C1=O. The molecule has 5 atom stereocenters. The van der Waals surface area contributed by atoms with Crippen molar-refractivity contribution in [3.05, 3.63) is 65.5 Å². The highest BCUT2D eigenvalue weighted by Gasteiger charge is 2.62. The average molecular weight is 770 g/mol. The number of rotatable bonds is 5. The fraction of sp³-hybridized carbons (Fsp3) is 0.553. The summed E-state index contributed by atoms with van der Waals surface area (Å²) in [6.45, 7) is 5.00. The topological polar surface area (TPSA) is 181 Å². The van der Waals surface area contributed by atoms with Crippen molar-refractivity contribution in [1.82, 2.24) is 25.2 Å². The van der Waals surface area contributed by atoms with Crippen LogP contribution in [0.3, 0.4) is 0 Å². The van der Waals surface area contributed by atoms with Crippen molar-refractivity contribution in [1.29, 1.82) is 0 Å². The van der Waals surface area contributed by atoms with Crippen LogP contribution in [0.15, 0.2) is 53.4 Å². The Hall–Kier alpha value is -4.73. The van der Waals surface area contributed by atoms with E-state index in [2.05, 4.69) is 15.4 Å². The van der Waals surface area contributed by atoms with E-state index in [-0.39, 0.29) is 49.7 Å². The highest BCUT2D eigenvalue weighted by molar-refractivity contribution is 7.90. The highest BCUT2D eigenvalue weighted by atomic mass is 32.2. The number of halogens is 1. The largest absolute Gasteiger partial charge is 0.444 e. The van der Waals surface area contributed by atoms with Crippen LogP contribution >= 0.6 is 0 Å². The number of carbonyl (C=O) groups excluding carboxylic acids is 5. The maximum atomic E-state index is 14.4. The zero-order chi connectivity index (χ0) is 38.8. The van der Waals surface area contributed by atoms with Gasteiger partial charge in [-0.3, -0.25) is 19.3 Å². The first-order valence-corrected chi connectivity index (χ1v) is 20.0. The second kappa shape index (κ2) is 15.6. The molecule has 54 heavy (non-hydrogen) atoms. The Balaban J connectivity index is 1.26. The molecule has 3 aliphatic heterocycles. The van der Waals surface area contributed by atoms with Crippen molar-refractivity contribution < 1.29 is 46.3 Å². The lowest BCUT2D eigenvalue weighted by molar-refractivity contribution is -0.141. The molecular weight excluding hydrogens is 722 g/mol. The fourth-order valence-electron chi connectivity index (χ4n) is 7.62. The molecule has 2 saturated heterocycles. The summed E-state index contributed by atoms with van der Waals surface area (Å²) in [5, 5.41) is 5.50. The number of fused-ring (bicyclic) bond motifs is 3. The first-order chi connectivity index (χ1) is 25.6. The molecule has 0 aromatic heterocycles. The van der Waals surface area contributed by atoms with Gasteiger partial charge in [0.1, 0.15) is 35.1 Å². The Kier molecular flexibility index (Phi) is 11.2. The molecule has 0 radical (unpaired) electrons. The molecule has 16 heteroatoms. The van der Waals surface area contributed by atoms with Gasteiger partial charge in [0.15, 0.2) is 0 Å². The third-order valence-corrected chi connectivity index (χ3v) is 11.8. The Morgan fingerprint density at radius 2 is 1.65 bits per heavy atom. The van der Waals surface area contributed by atoms with Gasteiger partial charge in [-0.15, -0.1) is 0 Å². The van der Waals surface area contributed by atoms with E-state index >= 15 is 0 Å². The van der Waals surface area contributed by atoms with Crippen LogP contribution in [0, 0.1) is 11.7 Å². The van der Waals surface area contributed by atoms with Crippen molar-refractivity contribution in [2.24, 2.45) is 5.92 Å². The number of ether oxygens (including phenoxy) is 2. The van der Waals surface area contributed by atoms with Crippen molar-refractivity contribution in [2.75, 3.05) is 6.54 Å². The van der Waals surface area contributed by atoms with E-state index in [0.717, 1.165) is 25.7 Å². The maximum absolute atomic E-state index is 14.4. The molecule has 2 aromatic rings. The summed E-state index contributed by atoms with van der Waals surface area (Å²) in [5.74, 6) is -2.98. The Morgan fingerprint density at radius 3 is 2.35 bits per heavy atom. The van der Waals surface area contributed by atoms with E-state index < -0.39 is 75.1 Å². The molecule has 2 aromatic carbocycles. The van der Waals surface area contributed by atoms with Gasteiger partial charge in [-0.05, 0) is 69.7 Å². The Bertz CT molecular complexity index is 1890. The smallest absolute Gasteiger partial charge is 0.410 e. The number of alkyl carbamates (subject to hydrolysis) is 1. The van der Waals surface area contributed by atoms with Gasteiger partial charge < -0.3 is 25.0 Å². The molecule has 14 nitrogen and oxygen atoms in total. The molecule has 1 aliphatic carbocycles. The lowest BCUT2D eigenvalue weighted by atomic mass is 10.0. The molecule has 5 amide bonds. The highest BCUT2D eigenvalue weighted by Crippen LogP contribution is 2.48. The van der Waals surface area contributed by atoms with Crippen molar-refractivity contribution in [2.45, 2.75) is 126 Å². The van der Waals surface area contributed by atoms with Crippen LogP contribution in [-0.2, 0) is 47.0 Å². The molecular formula is C38H48FN5O9S. The van der Waals surface area contributed by atoms with Gasteiger partial charge in [0.2, 0.25) is 11.8 Å². The first kappa shape index (κ1) is 39.0. The third-order valence-electron chi connectivity index (χ3n) is 10.5. The molecule has 0 unspecified atom stereocenters. The predicted molar refractivity (Wildman–Crippen MR) is 192 cm³/mol. The van der Waals surface area contributed by atoms with Crippen molar-refractivity contribution in [3.63, 3.8) is 0 Å². The van der Waals surface area contributed by atoms with Gasteiger partial charge in [0.05, 0.1) is 18.0 Å². The second-order valence-electron chi connectivity index (χ2n) is 15.6. The van der Waals surface area contributed by atoms with Crippen molar-refractivity contribution >= 4 is 39.9 Å². The zero-order valence-corrected chi connectivity index (χ0v) is 31.6. The normalized spacial score (nSPS) is 26.2. The lowest BCUT2D eigenvalue weighted by Gasteiger charge is -2.30.